The molecule has 0 saturated heterocycles. The first-order chi connectivity index (χ1) is 4.95. The van der Waals surface area contributed by atoms with E-state index in [1.54, 1.807) is 0 Å². The number of aliphatic hydroxyl groups is 1. The Hall–Kier alpha value is -0.0400. The normalized spacial score (nSPS) is 15.0. The van der Waals surface area contributed by atoms with Crippen LogP contribution in [0.4, 0.5) is 0 Å². The Morgan fingerprint density at radius 1 is 1.27 bits per heavy atom. The zero-order chi connectivity index (χ0) is 8.91. The summed E-state index contributed by atoms with van der Waals surface area (Å²) < 4.78 is 0. The van der Waals surface area contributed by atoms with Crippen molar-refractivity contribution in [3.8, 4) is 0 Å². The van der Waals surface area contributed by atoms with Gasteiger partial charge in [0.05, 0.1) is 0 Å². The summed E-state index contributed by atoms with van der Waals surface area (Å²) in [5.41, 5.74) is 0.439. The minimum Gasteiger partial charge on any atom is -0.396 e. The third-order valence-corrected chi connectivity index (χ3v) is 1.82. The van der Waals surface area contributed by atoms with Crippen LogP contribution < -0.4 is 0 Å². The molecular formula is C10H22O. The zero-order valence-corrected chi connectivity index (χ0v) is 8.35. The number of rotatable bonds is 4. The van der Waals surface area contributed by atoms with Gasteiger partial charge < -0.3 is 5.11 Å². The predicted octanol–water partition coefficient (Wildman–Crippen LogP) is 2.83. The van der Waals surface area contributed by atoms with E-state index in [0.717, 1.165) is 18.8 Å². The molecule has 1 atom stereocenters. The van der Waals surface area contributed by atoms with Gasteiger partial charge in [0.1, 0.15) is 0 Å². The highest BCUT2D eigenvalue weighted by molar-refractivity contribution is 4.65. The van der Waals surface area contributed by atoms with Gasteiger partial charge in [-0.2, -0.15) is 0 Å². The fraction of sp³-hybridized carbons (Fsp3) is 1.00. The Balaban J connectivity index is 3.44. The summed E-state index contributed by atoms with van der Waals surface area (Å²) in [7, 11) is 0. The Morgan fingerprint density at radius 2 is 1.82 bits per heavy atom. The number of hydrogen-bond donors (Lipinski definition) is 1. The largest absolute Gasteiger partial charge is 0.396 e. The standard InChI is InChI=1S/C10H22O/c1-9(6-5-7-11)8-10(2,3)4/h9,11H,5-8H2,1-4H3. The quantitative estimate of drug-likeness (QED) is 0.667. The molecule has 11 heavy (non-hydrogen) atoms. The molecule has 0 aromatic heterocycles. The van der Waals surface area contributed by atoms with Crippen molar-refractivity contribution in [1.29, 1.82) is 0 Å². The Labute approximate surface area is 70.8 Å². The topological polar surface area (TPSA) is 20.2 Å². The average Bonchev–Trinajstić information content (AvgIpc) is 1.79. The fourth-order valence-electron chi connectivity index (χ4n) is 1.59. The van der Waals surface area contributed by atoms with Crippen LogP contribution in [0, 0.1) is 11.3 Å². The molecule has 0 spiro atoms. The van der Waals surface area contributed by atoms with Gasteiger partial charge in [-0.3, -0.25) is 0 Å². The maximum atomic E-state index is 8.61. The lowest BCUT2D eigenvalue weighted by atomic mass is 9.84. The van der Waals surface area contributed by atoms with Crippen LogP contribution in [-0.4, -0.2) is 11.7 Å². The molecule has 0 rings (SSSR count). The third kappa shape index (κ3) is 7.86. The van der Waals surface area contributed by atoms with E-state index in [2.05, 4.69) is 27.7 Å². The second-order valence-electron chi connectivity index (χ2n) is 4.74. The molecule has 68 valence electrons. The Bertz CT molecular complexity index is 91.5. The van der Waals surface area contributed by atoms with Gasteiger partial charge in [0.2, 0.25) is 0 Å². The minimum absolute atomic E-state index is 0.342. The monoisotopic (exact) mass is 158 g/mol. The molecule has 0 aliphatic heterocycles. The molecule has 0 aliphatic rings. The summed E-state index contributed by atoms with van der Waals surface area (Å²) in [4.78, 5) is 0. The molecule has 0 amide bonds. The molecule has 0 aromatic carbocycles. The number of aliphatic hydroxyl groups excluding tert-OH is 1. The lowest BCUT2D eigenvalue weighted by molar-refractivity contribution is 0.248. The molecular weight excluding hydrogens is 136 g/mol. The predicted molar refractivity (Wildman–Crippen MR) is 49.6 cm³/mol. The van der Waals surface area contributed by atoms with Crippen molar-refractivity contribution < 1.29 is 5.11 Å². The summed E-state index contributed by atoms with van der Waals surface area (Å²) in [6.07, 6.45) is 3.37. The van der Waals surface area contributed by atoms with E-state index in [1.807, 2.05) is 0 Å². The van der Waals surface area contributed by atoms with E-state index in [9.17, 15) is 0 Å². The molecule has 1 unspecified atom stereocenters. The lowest BCUT2D eigenvalue weighted by Crippen LogP contribution is -2.11. The molecule has 1 nitrogen and oxygen atoms in total. The first-order valence-corrected chi connectivity index (χ1v) is 4.56. The van der Waals surface area contributed by atoms with Crippen LogP contribution in [0.15, 0.2) is 0 Å². The summed E-state index contributed by atoms with van der Waals surface area (Å²) in [6.45, 7) is 9.41. The molecule has 0 radical (unpaired) electrons. The SMILES string of the molecule is CC(CCCO)CC(C)(C)C. The van der Waals surface area contributed by atoms with Crippen molar-refractivity contribution in [1.82, 2.24) is 0 Å². The minimum atomic E-state index is 0.342. The summed E-state index contributed by atoms with van der Waals surface area (Å²) in [6, 6.07) is 0. The van der Waals surface area contributed by atoms with Gasteiger partial charge in [0, 0.05) is 6.61 Å². The van der Waals surface area contributed by atoms with Crippen LogP contribution in [0.25, 0.3) is 0 Å². The highest BCUT2D eigenvalue weighted by Crippen LogP contribution is 2.26. The smallest absolute Gasteiger partial charge is 0.0431 e. The summed E-state index contributed by atoms with van der Waals surface area (Å²) >= 11 is 0. The molecule has 0 aromatic rings. The summed E-state index contributed by atoms with van der Waals surface area (Å²) in [5, 5.41) is 8.61. The van der Waals surface area contributed by atoms with Crippen LogP contribution in [-0.2, 0) is 0 Å². The van der Waals surface area contributed by atoms with E-state index >= 15 is 0 Å². The van der Waals surface area contributed by atoms with Gasteiger partial charge in [-0.25, -0.2) is 0 Å². The highest BCUT2D eigenvalue weighted by Gasteiger charge is 2.14. The van der Waals surface area contributed by atoms with Crippen molar-refractivity contribution in [3.05, 3.63) is 0 Å². The second kappa shape index (κ2) is 4.76. The van der Waals surface area contributed by atoms with Crippen molar-refractivity contribution >= 4 is 0 Å². The van der Waals surface area contributed by atoms with E-state index in [-0.39, 0.29) is 0 Å². The lowest BCUT2D eigenvalue weighted by Gasteiger charge is -2.22. The molecule has 1 heteroatoms. The Kier molecular flexibility index (Phi) is 4.74. The molecule has 1 N–H and O–H groups in total. The van der Waals surface area contributed by atoms with Crippen LogP contribution in [0.3, 0.4) is 0 Å². The van der Waals surface area contributed by atoms with Gasteiger partial charge >= 0.3 is 0 Å². The number of hydrogen-bond acceptors (Lipinski definition) is 1. The van der Waals surface area contributed by atoms with Crippen LogP contribution >= 0.6 is 0 Å². The van der Waals surface area contributed by atoms with E-state index in [0.29, 0.717) is 12.0 Å². The maximum absolute atomic E-state index is 8.61. The first-order valence-electron chi connectivity index (χ1n) is 4.56. The van der Waals surface area contributed by atoms with Gasteiger partial charge in [-0.1, -0.05) is 27.7 Å². The molecule has 0 heterocycles. The van der Waals surface area contributed by atoms with Crippen LogP contribution in [0.2, 0.25) is 0 Å². The van der Waals surface area contributed by atoms with E-state index in [4.69, 9.17) is 5.11 Å². The van der Waals surface area contributed by atoms with Gasteiger partial charge in [0.25, 0.3) is 0 Å². The van der Waals surface area contributed by atoms with Gasteiger partial charge in [0.15, 0.2) is 0 Å². The highest BCUT2D eigenvalue weighted by atomic mass is 16.2. The Morgan fingerprint density at radius 3 is 2.18 bits per heavy atom. The molecule has 0 aliphatic carbocycles. The zero-order valence-electron chi connectivity index (χ0n) is 8.35. The summed E-state index contributed by atoms with van der Waals surface area (Å²) in [5.74, 6) is 0.752. The maximum Gasteiger partial charge on any atom is 0.0431 e. The third-order valence-electron chi connectivity index (χ3n) is 1.82. The second-order valence-corrected chi connectivity index (χ2v) is 4.74. The van der Waals surface area contributed by atoms with Crippen molar-refractivity contribution in [2.75, 3.05) is 6.61 Å². The van der Waals surface area contributed by atoms with Gasteiger partial charge in [-0.05, 0) is 30.6 Å². The van der Waals surface area contributed by atoms with Crippen molar-refractivity contribution in [2.24, 2.45) is 11.3 Å². The van der Waals surface area contributed by atoms with E-state index in [1.165, 1.54) is 6.42 Å². The van der Waals surface area contributed by atoms with E-state index < -0.39 is 0 Å². The molecule has 0 fully saturated rings. The van der Waals surface area contributed by atoms with Crippen molar-refractivity contribution in [3.63, 3.8) is 0 Å². The molecule has 0 bridgehead atoms. The van der Waals surface area contributed by atoms with Crippen LogP contribution in [0.5, 0.6) is 0 Å². The van der Waals surface area contributed by atoms with Gasteiger partial charge in [-0.15, -0.1) is 0 Å². The fourth-order valence-corrected chi connectivity index (χ4v) is 1.59. The first kappa shape index (κ1) is 11.0. The van der Waals surface area contributed by atoms with Crippen LogP contribution in [0.1, 0.15) is 47.0 Å². The van der Waals surface area contributed by atoms with Crippen molar-refractivity contribution in [2.45, 2.75) is 47.0 Å². The average molecular weight is 158 g/mol. The molecule has 0 saturated carbocycles.